The van der Waals surface area contributed by atoms with E-state index in [2.05, 4.69) is 10.2 Å². The monoisotopic (exact) mass is 345 g/mol. The minimum atomic E-state index is 0.151. The zero-order valence-electron chi connectivity index (χ0n) is 13.4. The van der Waals surface area contributed by atoms with Gasteiger partial charge in [0.2, 0.25) is 5.91 Å². The lowest BCUT2D eigenvalue weighted by molar-refractivity contribution is -0.138. The Hall–Kier alpha value is -1.85. The molecule has 4 rings (SSSR count). The number of carbonyl (C=O) groups is 1. The molecule has 2 aromatic rings. The molecular weight excluding hydrogens is 326 g/mol. The van der Waals surface area contributed by atoms with Gasteiger partial charge in [0.25, 0.3) is 0 Å². The van der Waals surface area contributed by atoms with Gasteiger partial charge in [-0.15, -0.1) is 0 Å². The number of rotatable bonds is 3. The Bertz CT molecular complexity index is 735. The first-order chi connectivity index (χ1) is 11.7. The number of ether oxygens (including phenoxy) is 1. The van der Waals surface area contributed by atoms with E-state index in [0.717, 1.165) is 49.4 Å². The number of aromatic amines is 1. The fourth-order valence-corrected chi connectivity index (χ4v) is 3.85. The number of hydrogen-bond acceptors (Lipinski definition) is 3. The second-order valence-electron chi connectivity index (χ2n) is 6.83. The number of aromatic nitrogens is 2. The zero-order chi connectivity index (χ0) is 16.6. The average Bonchev–Trinajstić information content (AvgIpc) is 3.22. The van der Waals surface area contributed by atoms with Crippen molar-refractivity contribution in [3.05, 3.63) is 41.0 Å². The predicted molar refractivity (Wildman–Crippen MR) is 91.6 cm³/mol. The molecule has 0 saturated carbocycles. The summed E-state index contributed by atoms with van der Waals surface area (Å²) in [7, 11) is 0. The van der Waals surface area contributed by atoms with Crippen LogP contribution in [0.15, 0.2) is 30.5 Å². The number of benzene rings is 1. The van der Waals surface area contributed by atoms with Crippen molar-refractivity contribution in [3.63, 3.8) is 0 Å². The summed E-state index contributed by atoms with van der Waals surface area (Å²) in [4.78, 5) is 14.4. The number of hydrogen-bond donors (Lipinski definition) is 1. The third-order valence-electron chi connectivity index (χ3n) is 5.15. The van der Waals surface area contributed by atoms with Crippen LogP contribution in [0, 0.1) is 5.41 Å². The first-order valence-electron chi connectivity index (χ1n) is 8.29. The van der Waals surface area contributed by atoms with Crippen molar-refractivity contribution in [2.45, 2.75) is 25.8 Å². The molecule has 2 saturated heterocycles. The number of carbonyl (C=O) groups excluding carboxylic acids is 1. The highest BCUT2D eigenvalue weighted by molar-refractivity contribution is 6.30. The highest BCUT2D eigenvalue weighted by Crippen LogP contribution is 2.38. The Kier molecular flexibility index (Phi) is 4.06. The summed E-state index contributed by atoms with van der Waals surface area (Å²) in [5.74, 6) is 0.218. The number of amides is 1. The van der Waals surface area contributed by atoms with Crippen LogP contribution in [-0.2, 0) is 16.1 Å². The molecule has 1 atom stereocenters. The molecule has 2 aliphatic rings. The number of piperidine rings is 1. The van der Waals surface area contributed by atoms with Gasteiger partial charge in [0, 0.05) is 42.1 Å². The molecule has 1 spiro atoms. The SMILES string of the molecule is O=C1CC[C@]2(CCOC2)CN1Cc1cn[nH]c1-c1ccc(Cl)cc1. The molecule has 0 bridgehead atoms. The molecule has 0 radical (unpaired) electrons. The van der Waals surface area contributed by atoms with E-state index in [4.69, 9.17) is 16.3 Å². The maximum atomic E-state index is 12.4. The summed E-state index contributed by atoms with van der Waals surface area (Å²) in [6, 6.07) is 7.64. The van der Waals surface area contributed by atoms with Crippen LogP contribution in [0.1, 0.15) is 24.8 Å². The Labute approximate surface area is 145 Å². The lowest BCUT2D eigenvalue weighted by Gasteiger charge is -2.39. The number of H-pyrrole nitrogens is 1. The lowest BCUT2D eigenvalue weighted by Crippen LogP contribution is -2.46. The van der Waals surface area contributed by atoms with Gasteiger partial charge in [-0.2, -0.15) is 5.10 Å². The zero-order valence-corrected chi connectivity index (χ0v) is 14.2. The third-order valence-corrected chi connectivity index (χ3v) is 5.40. The molecule has 0 aliphatic carbocycles. The number of likely N-dealkylation sites (tertiary alicyclic amines) is 1. The van der Waals surface area contributed by atoms with Gasteiger partial charge in [0.05, 0.1) is 18.5 Å². The van der Waals surface area contributed by atoms with Crippen LogP contribution in [0.25, 0.3) is 11.3 Å². The van der Waals surface area contributed by atoms with E-state index in [1.165, 1.54) is 0 Å². The van der Waals surface area contributed by atoms with Crippen LogP contribution >= 0.6 is 11.6 Å². The van der Waals surface area contributed by atoms with E-state index in [-0.39, 0.29) is 11.3 Å². The van der Waals surface area contributed by atoms with Crippen LogP contribution in [0.2, 0.25) is 5.02 Å². The van der Waals surface area contributed by atoms with Crippen molar-refractivity contribution in [1.82, 2.24) is 15.1 Å². The van der Waals surface area contributed by atoms with Gasteiger partial charge in [-0.05, 0) is 30.5 Å². The van der Waals surface area contributed by atoms with Crippen molar-refractivity contribution >= 4 is 17.5 Å². The highest BCUT2D eigenvalue weighted by Gasteiger charge is 2.41. The smallest absolute Gasteiger partial charge is 0.222 e. The van der Waals surface area contributed by atoms with Gasteiger partial charge in [0.1, 0.15) is 0 Å². The quantitative estimate of drug-likeness (QED) is 0.928. The van der Waals surface area contributed by atoms with E-state index in [1.54, 1.807) is 0 Å². The molecular formula is C18H20ClN3O2. The molecule has 1 aromatic carbocycles. The Morgan fingerprint density at radius 3 is 2.88 bits per heavy atom. The van der Waals surface area contributed by atoms with Crippen LogP contribution in [-0.4, -0.2) is 40.8 Å². The molecule has 1 N–H and O–H groups in total. The average molecular weight is 346 g/mol. The second kappa shape index (κ2) is 6.22. The summed E-state index contributed by atoms with van der Waals surface area (Å²) >= 11 is 5.97. The molecule has 6 heteroatoms. The minimum Gasteiger partial charge on any atom is -0.381 e. The van der Waals surface area contributed by atoms with Crippen LogP contribution in [0.4, 0.5) is 0 Å². The molecule has 126 valence electrons. The van der Waals surface area contributed by atoms with Crippen molar-refractivity contribution in [2.75, 3.05) is 19.8 Å². The Balaban J connectivity index is 1.56. The van der Waals surface area contributed by atoms with Gasteiger partial charge >= 0.3 is 0 Å². The molecule has 0 unspecified atom stereocenters. The maximum Gasteiger partial charge on any atom is 0.222 e. The third kappa shape index (κ3) is 2.94. The highest BCUT2D eigenvalue weighted by atomic mass is 35.5. The Morgan fingerprint density at radius 2 is 2.12 bits per heavy atom. The summed E-state index contributed by atoms with van der Waals surface area (Å²) in [6.45, 7) is 2.93. The number of nitrogens with one attached hydrogen (secondary N) is 1. The van der Waals surface area contributed by atoms with Gasteiger partial charge < -0.3 is 9.64 Å². The molecule has 24 heavy (non-hydrogen) atoms. The van der Waals surface area contributed by atoms with Crippen molar-refractivity contribution in [2.24, 2.45) is 5.41 Å². The fraction of sp³-hybridized carbons (Fsp3) is 0.444. The predicted octanol–water partition coefficient (Wildman–Crippen LogP) is 3.26. The van der Waals surface area contributed by atoms with Crippen LogP contribution in [0.3, 0.4) is 0 Å². The van der Waals surface area contributed by atoms with Gasteiger partial charge in [-0.25, -0.2) is 0 Å². The topological polar surface area (TPSA) is 58.2 Å². The van der Waals surface area contributed by atoms with Crippen molar-refractivity contribution < 1.29 is 9.53 Å². The van der Waals surface area contributed by atoms with Crippen molar-refractivity contribution in [1.29, 1.82) is 0 Å². The number of halogens is 1. The molecule has 1 amide bonds. The van der Waals surface area contributed by atoms with Crippen LogP contribution in [0.5, 0.6) is 0 Å². The lowest BCUT2D eigenvalue weighted by atomic mass is 9.79. The summed E-state index contributed by atoms with van der Waals surface area (Å²) in [6.07, 6.45) is 4.41. The molecule has 2 fully saturated rings. The largest absolute Gasteiger partial charge is 0.381 e. The van der Waals surface area contributed by atoms with Gasteiger partial charge in [0.15, 0.2) is 0 Å². The fourth-order valence-electron chi connectivity index (χ4n) is 3.72. The standard InChI is InChI=1S/C18H20ClN3O2/c19-15-3-1-13(2-4-15)17-14(9-20-21-17)10-22-11-18(6-5-16(22)23)7-8-24-12-18/h1-4,9H,5-8,10-12H2,(H,20,21)/t18-/m0/s1. The molecule has 2 aliphatic heterocycles. The molecule has 3 heterocycles. The van der Waals surface area contributed by atoms with Gasteiger partial charge in [-0.3, -0.25) is 9.89 Å². The Morgan fingerprint density at radius 1 is 1.29 bits per heavy atom. The normalized spacial score (nSPS) is 24.0. The van der Waals surface area contributed by atoms with E-state index in [9.17, 15) is 4.79 Å². The summed E-state index contributed by atoms with van der Waals surface area (Å²) < 4.78 is 5.59. The minimum absolute atomic E-state index is 0.151. The molecule has 1 aromatic heterocycles. The molecule has 5 nitrogen and oxygen atoms in total. The first-order valence-corrected chi connectivity index (χ1v) is 8.67. The maximum absolute atomic E-state index is 12.4. The van der Waals surface area contributed by atoms with Crippen LogP contribution < -0.4 is 0 Å². The van der Waals surface area contributed by atoms with E-state index in [1.807, 2.05) is 35.4 Å². The van der Waals surface area contributed by atoms with E-state index < -0.39 is 0 Å². The summed E-state index contributed by atoms with van der Waals surface area (Å²) in [5.41, 5.74) is 3.15. The second-order valence-corrected chi connectivity index (χ2v) is 7.27. The van der Waals surface area contributed by atoms with E-state index in [0.29, 0.717) is 18.0 Å². The summed E-state index contributed by atoms with van der Waals surface area (Å²) in [5, 5.41) is 7.93. The number of nitrogens with zero attached hydrogens (tertiary/aromatic N) is 2. The first kappa shape index (κ1) is 15.7. The van der Waals surface area contributed by atoms with Crippen molar-refractivity contribution in [3.8, 4) is 11.3 Å². The van der Waals surface area contributed by atoms with Gasteiger partial charge in [-0.1, -0.05) is 23.7 Å². The van der Waals surface area contributed by atoms with E-state index >= 15 is 0 Å².